The topological polar surface area (TPSA) is 71.2 Å². The zero-order valence-corrected chi connectivity index (χ0v) is 11.6. The van der Waals surface area contributed by atoms with Gasteiger partial charge in [0.2, 0.25) is 0 Å². The van der Waals surface area contributed by atoms with Crippen LogP contribution >= 0.6 is 0 Å². The molecule has 1 aromatic carbocycles. The molecule has 5 nitrogen and oxygen atoms in total. The van der Waals surface area contributed by atoms with Crippen LogP contribution < -0.4 is 0 Å². The van der Waals surface area contributed by atoms with Gasteiger partial charge in [-0.1, -0.05) is 17.3 Å². The van der Waals surface area contributed by atoms with E-state index >= 15 is 0 Å². The molecule has 0 radical (unpaired) electrons. The van der Waals surface area contributed by atoms with E-state index < -0.39 is 11.7 Å². The van der Waals surface area contributed by atoms with E-state index in [1.54, 1.807) is 24.4 Å². The van der Waals surface area contributed by atoms with Crippen molar-refractivity contribution in [3.63, 3.8) is 0 Å². The van der Waals surface area contributed by atoms with Crippen LogP contribution in [0.3, 0.4) is 0 Å². The summed E-state index contributed by atoms with van der Waals surface area (Å²) in [6.45, 7) is 0.240. The fourth-order valence-electron chi connectivity index (χ4n) is 2.69. The van der Waals surface area contributed by atoms with E-state index in [0.717, 1.165) is 19.3 Å². The van der Waals surface area contributed by atoms with Gasteiger partial charge in [0.15, 0.2) is 0 Å². The average molecular weight is 291 g/mol. The van der Waals surface area contributed by atoms with Gasteiger partial charge in [-0.3, -0.25) is 0 Å². The molecule has 1 saturated carbocycles. The summed E-state index contributed by atoms with van der Waals surface area (Å²) in [4.78, 5) is 0. The fourth-order valence-corrected chi connectivity index (χ4v) is 2.69. The van der Waals surface area contributed by atoms with Gasteiger partial charge in [-0.15, -0.1) is 5.10 Å². The first-order chi connectivity index (χ1) is 10.1. The van der Waals surface area contributed by atoms with Crippen molar-refractivity contribution in [3.8, 4) is 11.3 Å². The van der Waals surface area contributed by atoms with Crippen LogP contribution in [0.15, 0.2) is 30.5 Å². The second kappa shape index (κ2) is 5.54. The van der Waals surface area contributed by atoms with Crippen molar-refractivity contribution in [2.24, 2.45) is 0 Å². The Bertz CT molecular complexity index is 625. The largest absolute Gasteiger partial charge is 0.391 e. The Kier molecular flexibility index (Phi) is 3.73. The summed E-state index contributed by atoms with van der Waals surface area (Å²) in [5.41, 5.74) is 0.0903. The first-order valence-corrected chi connectivity index (χ1v) is 7.11. The van der Waals surface area contributed by atoms with Crippen molar-refractivity contribution in [2.75, 3.05) is 0 Å². The Hall–Kier alpha value is -1.79. The van der Waals surface area contributed by atoms with Crippen molar-refractivity contribution in [2.45, 2.75) is 43.9 Å². The lowest BCUT2D eigenvalue weighted by atomic mass is 9.76. The molecule has 1 atom stereocenters. The third-order valence-corrected chi connectivity index (χ3v) is 3.99. The van der Waals surface area contributed by atoms with Crippen LogP contribution in [-0.2, 0) is 6.54 Å². The Labute approximate surface area is 122 Å². The number of aromatic nitrogens is 3. The van der Waals surface area contributed by atoms with Crippen LogP contribution in [0.1, 0.15) is 25.7 Å². The SMILES string of the molecule is OC(Cn1cc(-c2ccccc2F)nn1)CC1(O)CCC1. The number of hydrogen-bond donors (Lipinski definition) is 2. The standard InChI is InChI=1S/C15H18FN3O2/c16-13-5-2-1-4-12(13)14-10-19(18-17-14)9-11(20)8-15(21)6-3-7-15/h1-2,4-5,10-11,20-21H,3,6-9H2. The van der Waals surface area contributed by atoms with Crippen LogP contribution in [0.5, 0.6) is 0 Å². The Morgan fingerprint density at radius 3 is 2.76 bits per heavy atom. The molecule has 1 heterocycles. The molecule has 0 bridgehead atoms. The third kappa shape index (κ3) is 3.11. The van der Waals surface area contributed by atoms with Gasteiger partial charge >= 0.3 is 0 Å². The van der Waals surface area contributed by atoms with Crippen LogP contribution in [-0.4, -0.2) is 36.9 Å². The minimum Gasteiger partial charge on any atom is -0.391 e. The monoisotopic (exact) mass is 291 g/mol. The Balaban J connectivity index is 1.66. The molecule has 2 aromatic rings. The van der Waals surface area contributed by atoms with E-state index in [2.05, 4.69) is 10.3 Å². The maximum atomic E-state index is 13.7. The highest BCUT2D eigenvalue weighted by molar-refractivity contribution is 5.58. The lowest BCUT2D eigenvalue weighted by molar-refractivity contribution is -0.0713. The second-order valence-electron chi connectivity index (χ2n) is 5.74. The molecule has 3 rings (SSSR count). The predicted molar refractivity (Wildman–Crippen MR) is 74.8 cm³/mol. The first kappa shape index (κ1) is 14.2. The molecule has 1 aliphatic carbocycles. The van der Waals surface area contributed by atoms with Gasteiger partial charge in [-0.25, -0.2) is 9.07 Å². The minimum absolute atomic E-state index is 0.240. The van der Waals surface area contributed by atoms with Crippen molar-refractivity contribution in [1.29, 1.82) is 0 Å². The molecule has 6 heteroatoms. The highest BCUT2D eigenvalue weighted by Crippen LogP contribution is 2.35. The number of aliphatic hydroxyl groups excluding tert-OH is 1. The number of nitrogens with zero attached hydrogens (tertiary/aromatic N) is 3. The molecule has 21 heavy (non-hydrogen) atoms. The van der Waals surface area contributed by atoms with Gasteiger partial charge in [0.1, 0.15) is 11.5 Å². The molecular weight excluding hydrogens is 273 g/mol. The highest BCUT2D eigenvalue weighted by atomic mass is 19.1. The van der Waals surface area contributed by atoms with Crippen LogP contribution in [0.4, 0.5) is 4.39 Å². The molecule has 1 fully saturated rings. The van der Waals surface area contributed by atoms with Crippen molar-refractivity contribution >= 4 is 0 Å². The highest BCUT2D eigenvalue weighted by Gasteiger charge is 2.36. The molecule has 0 spiro atoms. The van der Waals surface area contributed by atoms with E-state index in [-0.39, 0.29) is 12.4 Å². The van der Waals surface area contributed by atoms with Crippen LogP contribution in [0, 0.1) is 5.82 Å². The van der Waals surface area contributed by atoms with Gasteiger partial charge in [0, 0.05) is 12.0 Å². The molecule has 0 amide bonds. The lowest BCUT2D eigenvalue weighted by Gasteiger charge is -2.38. The first-order valence-electron chi connectivity index (χ1n) is 7.11. The zero-order chi connectivity index (χ0) is 14.9. The van der Waals surface area contributed by atoms with Gasteiger partial charge in [-0.2, -0.15) is 0 Å². The molecule has 0 aliphatic heterocycles. The molecule has 1 unspecified atom stereocenters. The molecule has 1 aliphatic rings. The van der Waals surface area contributed by atoms with Crippen LogP contribution in [0.2, 0.25) is 0 Å². The summed E-state index contributed by atoms with van der Waals surface area (Å²) in [5.74, 6) is -0.353. The van der Waals surface area contributed by atoms with Crippen molar-refractivity contribution in [3.05, 3.63) is 36.3 Å². The van der Waals surface area contributed by atoms with Gasteiger partial charge < -0.3 is 10.2 Å². The van der Waals surface area contributed by atoms with E-state index in [9.17, 15) is 14.6 Å². The number of aliphatic hydroxyl groups is 2. The molecule has 112 valence electrons. The Morgan fingerprint density at radius 2 is 2.10 bits per heavy atom. The average Bonchev–Trinajstić information content (AvgIpc) is 2.85. The summed E-state index contributed by atoms with van der Waals surface area (Å²) in [6.07, 6.45) is 3.73. The van der Waals surface area contributed by atoms with E-state index in [0.29, 0.717) is 17.7 Å². The lowest BCUT2D eigenvalue weighted by Crippen LogP contribution is -2.41. The summed E-state index contributed by atoms with van der Waals surface area (Å²) >= 11 is 0. The summed E-state index contributed by atoms with van der Waals surface area (Å²) in [7, 11) is 0. The van der Waals surface area contributed by atoms with Gasteiger partial charge in [0.05, 0.1) is 24.4 Å². The van der Waals surface area contributed by atoms with Gasteiger partial charge in [-0.05, 0) is 31.4 Å². The number of halogens is 1. The molecular formula is C15H18FN3O2. The van der Waals surface area contributed by atoms with Crippen molar-refractivity contribution in [1.82, 2.24) is 15.0 Å². The normalized spacial score (nSPS) is 18.2. The minimum atomic E-state index is -0.728. The van der Waals surface area contributed by atoms with E-state index in [1.165, 1.54) is 10.7 Å². The number of benzene rings is 1. The quantitative estimate of drug-likeness (QED) is 0.880. The maximum Gasteiger partial charge on any atom is 0.132 e. The van der Waals surface area contributed by atoms with E-state index in [1.807, 2.05) is 0 Å². The zero-order valence-electron chi connectivity index (χ0n) is 11.6. The summed E-state index contributed by atoms with van der Waals surface area (Å²) in [5, 5.41) is 27.9. The molecule has 1 aromatic heterocycles. The third-order valence-electron chi connectivity index (χ3n) is 3.99. The summed E-state index contributed by atoms with van der Waals surface area (Å²) < 4.78 is 15.1. The maximum absolute atomic E-state index is 13.7. The smallest absolute Gasteiger partial charge is 0.132 e. The van der Waals surface area contributed by atoms with Gasteiger partial charge in [0.25, 0.3) is 0 Å². The summed E-state index contributed by atoms with van der Waals surface area (Å²) in [6, 6.07) is 6.36. The Morgan fingerprint density at radius 1 is 1.33 bits per heavy atom. The molecule has 0 saturated heterocycles. The van der Waals surface area contributed by atoms with Crippen LogP contribution in [0.25, 0.3) is 11.3 Å². The second-order valence-corrected chi connectivity index (χ2v) is 5.74. The van der Waals surface area contributed by atoms with E-state index in [4.69, 9.17) is 0 Å². The number of hydrogen-bond acceptors (Lipinski definition) is 4. The number of rotatable bonds is 5. The predicted octanol–water partition coefficient (Wildman–Crippen LogP) is 1.75. The fraction of sp³-hybridized carbons (Fsp3) is 0.467. The van der Waals surface area contributed by atoms with Crippen molar-refractivity contribution < 1.29 is 14.6 Å². The molecule has 2 N–H and O–H groups in total.